The molecule has 1 rings (SSSR count). The molecule has 0 aliphatic heterocycles. The van der Waals surface area contributed by atoms with Gasteiger partial charge >= 0.3 is 0 Å². The molecule has 1 aliphatic carbocycles. The van der Waals surface area contributed by atoms with Crippen LogP contribution in [0.2, 0.25) is 0 Å². The van der Waals surface area contributed by atoms with E-state index in [1.165, 1.54) is 38.5 Å². The van der Waals surface area contributed by atoms with Gasteiger partial charge in [0, 0.05) is 6.61 Å². The average molecular weight is 216 g/mol. The third kappa shape index (κ3) is 4.70. The predicted octanol–water partition coefficient (Wildman–Crippen LogP) is 3.54. The Morgan fingerprint density at radius 3 is 2.64 bits per heavy atom. The van der Waals surface area contributed by atoms with Crippen LogP contribution in [0.5, 0.6) is 0 Å². The number of thiol groups is 1. The molecule has 2 heteroatoms. The molecule has 1 aliphatic rings. The molecule has 0 bridgehead atoms. The zero-order valence-corrected chi connectivity index (χ0v) is 10.3. The summed E-state index contributed by atoms with van der Waals surface area (Å²) in [4.78, 5) is 0. The fourth-order valence-corrected chi connectivity index (χ4v) is 2.50. The van der Waals surface area contributed by atoms with Crippen molar-refractivity contribution in [1.82, 2.24) is 0 Å². The molecule has 84 valence electrons. The van der Waals surface area contributed by atoms with E-state index in [4.69, 9.17) is 4.74 Å². The van der Waals surface area contributed by atoms with Gasteiger partial charge in [-0.2, -0.15) is 12.6 Å². The lowest BCUT2D eigenvalue weighted by Gasteiger charge is -2.15. The molecule has 1 fully saturated rings. The van der Waals surface area contributed by atoms with Crippen LogP contribution in [0.15, 0.2) is 0 Å². The molecule has 0 heterocycles. The Morgan fingerprint density at radius 1 is 1.36 bits per heavy atom. The number of ether oxygens (including phenoxy) is 1. The quantitative estimate of drug-likeness (QED) is 0.640. The number of hydrogen-bond donors (Lipinski definition) is 1. The molecular weight excluding hydrogens is 192 g/mol. The molecular formula is C12H24OS. The Kier molecular flexibility index (Phi) is 6.70. The standard InChI is InChI=1S/C12H24OS/c1-2-5-12(10-14)9-13-8-11-6-3-4-7-11/h11-12,14H,2-10H2,1H3. The van der Waals surface area contributed by atoms with Crippen molar-refractivity contribution in [3.05, 3.63) is 0 Å². The second kappa shape index (κ2) is 7.58. The first-order valence-corrected chi connectivity index (χ1v) is 6.68. The van der Waals surface area contributed by atoms with E-state index in [1.807, 2.05) is 0 Å². The van der Waals surface area contributed by atoms with E-state index in [2.05, 4.69) is 19.6 Å². The predicted molar refractivity (Wildman–Crippen MR) is 65.0 cm³/mol. The third-order valence-electron chi connectivity index (χ3n) is 3.14. The van der Waals surface area contributed by atoms with Crippen LogP contribution in [0.25, 0.3) is 0 Å². The van der Waals surface area contributed by atoms with Crippen molar-refractivity contribution in [2.75, 3.05) is 19.0 Å². The Morgan fingerprint density at radius 2 is 2.07 bits per heavy atom. The van der Waals surface area contributed by atoms with Crippen molar-refractivity contribution in [3.8, 4) is 0 Å². The molecule has 0 spiro atoms. The lowest BCUT2D eigenvalue weighted by molar-refractivity contribution is 0.0759. The van der Waals surface area contributed by atoms with Crippen molar-refractivity contribution in [3.63, 3.8) is 0 Å². The summed E-state index contributed by atoms with van der Waals surface area (Å²) in [7, 11) is 0. The van der Waals surface area contributed by atoms with E-state index >= 15 is 0 Å². The molecule has 1 unspecified atom stereocenters. The number of rotatable bonds is 7. The molecule has 0 radical (unpaired) electrons. The van der Waals surface area contributed by atoms with Gasteiger partial charge in [0.25, 0.3) is 0 Å². The third-order valence-corrected chi connectivity index (χ3v) is 3.65. The molecule has 0 saturated heterocycles. The van der Waals surface area contributed by atoms with Crippen molar-refractivity contribution in [2.24, 2.45) is 11.8 Å². The molecule has 1 atom stereocenters. The van der Waals surface area contributed by atoms with Crippen LogP contribution < -0.4 is 0 Å². The largest absolute Gasteiger partial charge is 0.381 e. The summed E-state index contributed by atoms with van der Waals surface area (Å²) >= 11 is 4.35. The minimum absolute atomic E-state index is 0.671. The highest BCUT2D eigenvalue weighted by molar-refractivity contribution is 7.80. The normalized spacial score (nSPS) is 20.1. The van der Waals surface area contributed by atoms with Gasteiger partial charge in [0.05, 0.1) is 6.61 Å². The Hall–Kier alpha value is 0.310. The van der Waals surface area contributed by atoms with E-state index in [1.54, 1.807) is 0 Å². The van der Waals surface area contributed by atoms with E-state index in [0.717, 1.165) is 24.9 Å². The van der Waals surface area contributed by atoms with E-state index in [9.17, 15) is 0 Å². The smallest absolute Gasteiger partial charge is 0.0502 e. The fourth-order valence-electron chi connectivity index (χ4n) is 2.21. The van der Waals surface area contributed by atoms with Crippen LogP contribution in [0.4, 0.5) is 0 Å². The van der Waals surface area contributed by atoms with Gasteiger partial charge in [-0.3, -0.25) is 0 Å². The first kappa shape index (κ1) is 12.4. The molecule has 0 amide bonds. The van der Waals surface area contributed by atoms with Crippen molar-refractivity contribution < 1.29 is 4.74 Å². The van der Waals surface area contributed by atoms with Gasteiger partial charge in [-0.25, -0.2) is 0 Å². The van der Waals surface area contributed by atoms with Gasteiger partial charge in [0.1, 0.15) is 0 Å². The summed E-state index contributed by atoms with van der Waals surface area (Å²) in [5.41, 5.74) is 0. The van der Waals surface area contributed by atoms with E-state index in [-0.39, 0.29) is 0 Å². The summed E-state index contributed by atoms with van der Waals surface area (Å²) in [6.45, 7) is 4.15. The Balaban J connectivity index is 2.00. The second-order valence-electron chi connectivity index (χ2n) is 4.53. The molecule has 0 aromatic rings. The summed E-state index contributed by atoms with van der Waals surface area (Å²) in [5, 5.41) is 0. The average Bonchev–Trinajstić information content (AvgIpc) is 2.69. The molecule has 0 aromatic heterocycles. The van der Waals surface area contributed by atoms with Crippen LogP contribution in [0.1, 0.15) is 45.4 Å². The van der Waals surface area contributed by atoms with Gasteiger partial charge in [0.15, 0.2) is 0 Å². The summed E-state index contributed by atoms with van der Waals surface area (Å²) in [5.74, 6) is 2.50. The van der Waals surface area contributed by atoms with Crippen LogP contribution in [-0.2, 0) is 4.74 Å². The summed E-state index contributed by atoms with van der Waals surface area (Å²) in [6, 6.07) is 0. The SMILES string of the molecule is CCCC(CS)COCC1CCCC1. The monoisotopic (exact) mass is 216 g/mol. The molecule has 14 heavy (non-hydrogen) atoms. The maximum absolute atomic E-state index is 5.77. The first-order chi connectivity index (χ1) is 6.86. The zero-order chi connectivity index (χ0) is 10.2. The maximum Gasteiger partial charge on any atom is 0.0502 e. The van der Waals surface area contributed by atoms with Crippen LogP contribution in [-0.4, -0.2) is 19.0 Å². The first-order valence-electron chi connectivity index (χ1n) is 6.05. The summed E-state index contributed by atoms with van der Waals surface area (Å²) < 4.78 is 5.77. The van der Waals surface area contributed by atoms with Crippen molar-refractivity contribution >= 4 is 12.6 Å². The molecule has 1 saturated carbocycles. The Labute approximate surface area is 94.0 Å². The number of hydrogen-bond acceptors (Lipinski definition) is 2. The minimum Gasteiger partial charge on any atom is -0.381 e. The van der Waals surface area contributed by atoms with Crippen molar-refractivity contribution in [2.45, 2.75) is 45.4 Å². The lowest BCUT2D eigenvalue weighted by atomic mass is 10.1. The highest BCUT2D eigenvalue weighted by Gasteiger charge is 2.15. The highest BCUT2D eigenvalue weighted by atomic mass is 32.1. The van der Waals surface area contributed by atoms with E-state index in [0.29, 0.717) is 5.92 Å². The van der Waals surface area contributed by atoms with Gasteiger partial charge in [-0.1, -0.05) is 26.2 Å². The fraction of sp³-hybridized carbons (Fsp3) is 1.00. The highest BCUT2D eigenvalue weighted by Crippen LogP contribution is 2.25. The minimum atomic E-state index is 0.671. The van der Waals surface area contributed by atoms with Gasteiger partial charge in [-0.05, 0) is 36.9 Å². The molecule has 1 nitrogen and oxygen atoms in total. The maximum atomic E-state index is 5.77. The van der Waals surface area contributed by atoms with Crippen molar-refractivity contribution in [1.29, 1.82) is 0 Å². The summed E-state index contributed by atoms with van der Waals surface area (Å²) in [6.07, 6.45) is 8.11. The lowest BCUT2D eigenvalue weighted by Crippen LogP contribution is -2.14. The van der Waals surface area contributed by atoms with Gasteiger partial charge < -0.3 is 4.74 Å². The molecule has 0 aromatic carbocycles. The van der Waals surface area contributed by atoms with Gasteiger partial charge in [0.2, 0.25) is 0 Å². The Bertz CT molecular complexity index is 132. The van der Waals surface area contributed by atoms with Crippen LogP contribution >= 0.6 is 12.6 Å². The second-order valence-corrected chi connectivity index (χ2v) is 4.89. The van der Waals surface area contributed by atoms with Crippen LogP contribution in [0.3, 0.4) is 0 Å². The topological polar surface area (TPSA) is 9.23 Å². The van der Waals surface area contributed by atoms with E-state index < -0.39 is 0 Å². The zero-order valence-electron chi connectivity index (χ0n) is 9.37. The molecule has 0 N–H and O–H groups in total. The van der Waals surface area contributed by atoms with Gasteiger partial charge in [-0.15, -0.1) is 0 Å². The van der Waals surface area contributed by atoms with Crippen LogP contribution in [0, 0.1) is 11.8 Å².